The first-order valence-corrected chi connectivity index (χ1v) is 30.6. The van der Waals surface area contributed by atoms with Gasteiger partial charge >= 0.3 is 23.9 Å². The fraction of sp³-hybridized carbons (Fsp3) is 0.723. The number of aliphatic hydroxyl groups excluding tert-OH is 2. The zero-order chi connectivity index (χ0) is 56.1. The van der Waals surface area contributed by atoms with Crippen molar-refractivity contribution in [2.75, 3.05) is 13.2 Å². The summed E-state index contributed by atoms with van der Waals surface area (Å²) in [6.07, 6.45) is 55.8. The smallest absolute Gasteiger partial charge is 0.335 e. The van der Waals surface area contributed by atoms with Crippen LogP contribution in [0.15, 0.2) is 85.1 Å². The zero-order valence-corrected chi connectivity index (χ0v) is 48.4. The van der Waals surface area contributed by atoms with E-state index >= 15 is 0 Å². The van der Waals surface area contributed by atoms with Crippen molar-refractivity contribution < 1.29 is 58.2 Å². The molecule has 0 radical (unpaired) electrons. The Hall–Kier alpha value is -4.10. The van der Waals surface area contributed by atoms with Gasteiger partial charge in [0.15, 0.2) is 24.6 Å². The summed E-state index contributed by atoms with van der Waals surface area (Å²) in [5, 5.41) is 31.5. The summed E-state index contributed by atoms with van der Waals surface area (Å²) in [5.74, 6) is -3.28. The second-order valence-corrected chi connectivity index (χ2v) is 20.6. The number of carbonyl (C=O) groups excluding carboxylic acids is 3. The SMILES string of the molecule is CC/C=C\C/C=C\C/C=C\C/C=C\C/C=C\CC(=O)OC1C(OCC(COC(=O)CCCCCCCCCCC/C=C\C/C=C\CCCCC)OC(=O)CCCCCCCCCCCCCCC)OC(C(=O)O)C(O)C1O. The van der Waals surface area contributed by atoms with Crippen LogP contribution in [0.2, 0.25) is 0 Å². The molecule has 0 spiro atoms. The van der Waals surface area contributed by atoms with Crippen LogP contribution in [0, 0.1) is 0 Å². The van der Waals surface area contributed by atoms with E-state index in [2.05, 4.69) is 81.5 Å². The number of carbonyl (C=O) groups is 4. The molecule has 0 amide bonds. The average Bonchev–Trinajstić information content (AvgIpc) is 3.42. The number of ether oxygens (including phenoxy) is 5. The van der Waals surface area contributed by atoms with E-state index in [-0.39, 0.29) is 25.9 Å². The van der Waals surface area contributed by atoms with E-state index in [1.165, 1.54) is 116 Å². The molecule has 1 heterocycles. The minimum atomic E-state index is -1.94. The van der Waals surface area contributed by atoms with Gasteiger partial charge in [-0.1, -0.05) is 241 Å². The van der Waals surface area contributed by atoms with Crippen molar-refractivity contribution in [3.8, 4) is 0 Å². The van der Waals surface area contributed by atoms with E-state index < -0.39 is 67.3 Å². The fourth-order valence-corrected chi connectivity index (χ4v) is 8.83. The first-order chi connectivity index (χ1) is 37.6. The van der Waals surface area contributed by atoms with Crippen LogP contribution in [0.1, 0.15) is 252 Å². The minimum absolute atomic E-state index is 0.152. The predicted molar refractivity (Wildman–Crippen MR) is 312 cm³/mol. The highest BCUT2D eigenvalue weighted by Crippen LogP contribution is 2.26. The monoisotopic (exact) mass is 1080 g/mol. The maximum absolute atomic E-state index is 13.1. The third kappa shape index (κ3) is 42.5. The molecule has 77 heavy (non-hydrogen) atoms. The molecule has 12 heteroatoms. The van der Waals surface area contributed by atoms with Crippen LogP contribution in [0.3, 0.4) is 0 Å². The Bertz CT molecular complexity index is 1660. The van der Waals surface area contributed by atoms with Gasteiger partial charge in [0.2, 0.25) is 0 Å². The molecular formula is C65H108O12. The molecule has 1 aliphatic rings. The van der Waals surface area contributed by atoms with Crippen LogP contribution < -0.4 is 0 Å². The third-order valence-corrected chi connectivity index (χ3v) is 13.5. The molecule has 0 aromatic carbocycles. The lowest BCUT2D eigenvalue weighted by atomic mass is 9.98. The first kappa shape index (κ1) is 70.9. The lowest BCUT2D eigenvalue weighted by molar-refractivity contribution is -0.301. The highest BCUT2D eigenvalue weighted by atomic mass is 16.7. The zero-order valence-electron chi connectivity index (χ0n) is 48.4. The summed E-state index contributed by atoms with van der Waals surface area (Å²) in [6, 6.07) is 0. The molecule has 0 saturated carbocycles. The predicted octanol–water partition coefficient (Wildman–Crippen LogP) is 15.9. The molecule has 6 unspecified atom stereocenters. The van der Waals surface area contributed by atoms with Gasteiger partial charge in [0, 0.05) is 12.8 Å². The van der Waals surface area contributed by atoms with E-state index in [0.717, 1.165) is 77.0 Å². The molecule has 0 aromatic heterocycles. The second-order valence-electron chi connectivity index (χ2n) is 20.6. The number of carboxylic acid groups (broad SMARTS) is 1. The van der Waals surface area contributed by atoms with E-state index in [1.807, 2.05) is 12.2 Å². The summed E-state index contributed by atoms with van der Waals surface area (Å²) < 4.78 is 28.3. The van der Waals surface area contributed by atoms with Gasteiger partial charge in [0.05, 0.1) is 13.0 Å². The number of unbranched alkanes of at least 4 members (excludes halogenated alkanes) is 24. The molecule has 0 aromatic rings. The molecule has 3 N–H and O–H groups in total. The molecule has 1 saturated heterocycles. The van der Waals surface area contributed by atoms with Crippen LogP contribution in [0.4, 0.5) is 0 Å². The van der Waals surface area contributed by atoms with Crippen molar-refractivity contribution in [3.63, 3.8) is 0 Å². The Morgan fingerprint density at radius 3 is 1.34 bits per heavy atom. The summed E-state index contributed by atoms with van der Waals surface area (Å²) in [4.78, 5) is 51.1. The van der Waals surface area contributed by atoms with E-state index in [0.29, 0.717) is 19.3 Å². The van der Waals surface area contributed by atoms with E-state index in [4.69, 9.17) is 23.7 Å². The van der Waals surface area contributed by atoms with Crippen molar-refractivity contribution >= 4 is 23.9 Å². The largest absolute Gasteiger partial charge is 0.479 e. The highest BCUT2D eigenvalue weighted by molar-refractivity contribution is 5.74. The van der Waals surface area contributed by atoms with Crippen LogP contribution in [0.5, 0.6) is 0 Å². The number of carboxylic acids is 1. The first-order valence-electron chi connectivity index (χ1n) is 30.6. The van der Waals surface area contributed by atoms with Gasteiger partial charge in [-0.15, -0.1) is 0 Å². The molecule has 1 rings (SSSR count). The Kier molecular flexibility index (Phi) is 48.4. The van der Waals surface area contributed by atoms with Crippen molar-refractivity contribution in [2.45, 2.75) is 289 Å². The van der Waals surface area contributed by atoms with Gasteiger partial charge in [-0.2, -0.15) is 0 Å². The van der Waals surface area contributed by atoms with Gasteiger partial charge < -0.3 is 39.0 Å². The molecule has 0 aliphatic carbocycles. The molecule has 1 fully saturated rings. The third-order valence-electron chi connectivity index (χ3n) is 13.5. The van der Waals surface area contributed by atoms with Crippen molar-refractivity contribution in [3.05, 3.63) is 85.1 Å². The lowest BCUT2D eigenvalue weighted by Gasteiger charge is -2.40. The maximum Gasteiger partial charge on any atom is 0.335 e. The number of hydrogen-bond donors (Lipinski definition) is 3. The van der Waals surface area contributed by atoms with Crippen LogP contribution in [-0.4, -0.2) is 89.2 Å². The Balaban J connectivity index is 2.71. The Morgan fingerprint density at radius 2 is 0.857 bits per heavy atom. The van der Waals surface area contributed by atoms with Gasteiger partial charge in [0.1, 0.15) is 18.8 Å². The highest BCUT2D eigenvalue weighted by Gasteiger charge is 2.50. The molecule has 6 atom stereocenters. The molecular weight excluding hydrogens is 973 g/mol. The number of aliphatic carboxylic acids is 1. The number of aliphatic hydroxyl groups is 2. The molecule has 12 nitrogen and oxygen atoms in total. The van der Waals surface area contributed by atoms with E-state index in [1.54, 1.807) is 12.2 Å². The maximum atomic E-state index is 13.1. The lowest BCUT2D eigenvalue weighted by Crippen LogP contribution is -2.61. The minimum Gasteiger partial charge on any atom is -0.479 e. The van der Waals surface area contributed by atoms with Gasteiger partial charge in [-0.05, 0) is 77.0 Å². The van der Waals surface area contributed by atoms with Gasteiger partial charge in [-0.25, -0.2) is 4.79 Å². The fourth-order valence-electron chi connectivity index (χ4n) is 8.83. The number of rotatable bonds is 51. The summed E-state index contributed by atoms with van der Waals surface area (Å²) in [7, 11) is 0. The molecule has 1 aliphatic heterocycles. The number of hydrogen-bond acceptors (Lipinski definition) is 11. The summed E-state index contributed by atoms with van der Waals surface area (Å²) >= 11 is 0. The van der Waals surface area contributed by atoms with Crippen molar-refractivity contribution in [2.24, 2.45) is 0 Å². The van der Waals surface area contributed by atoms with Gasteiger partial charge in [-0.3, -0.25) is 14.4 Å². The summed E-state index contributed by atoms with van der Waals surface area (Å²) in [6.45, 7) is 5.82. The Morgan fingerprint density at radius 1 is 0.455 bits per heavy atom. The molecule has 440 valence electrons. The number of esters is 3. The molecule has 0 bridgehead atoms. The summed E-state index contributed by atoms with van der Waals surface area (Å²) in [5.41, 5.74) is 0. The number of allylic oxidation sites excluding steroid dienone is 13. The normalized spacial score (nSPS) is 18.6. The van der Waals surface area contributed by atoms with Crippen LogP contribution in [0.25, 0.3) is 0 Å². The topological polar surface area (TPSA) is 175 Å². The second kappa shape index (κ2) is 52.6. The van der Waals surface area contributed by atoms with Crippen LogP contribution in [-0.2, 0) is 42.9 Å². The quantitative estimate of drug-likeness (QED) is 0.0228. The van der Waals surface area contributed by atoms with Crippen LogP contribution >= 0.6 is 0 Å². The van der Waals surface area contributed by atoms with E-state index in [9.17, 15) is 34.5 Å². The van der Waals surface area contributed by atoms with Gasteiger partial charge in [0.25, 0.3) is 0 Å². The van der Waals surface area contributed by atoms with Crippen molar-refractivity contribution in [1.29, 1.82) is 0 Å². The van der Waals surface area contributed by atoms with Crippen molar-refractivity contribution in [1.82, 2.24) is 0 Å². The average molecular weight is 1080 g/mol. The standard InChI is InChI=1S/C65H108O12/c1-4-7-10-13-16-19-22-25-27-28-29-30-32-34-36-39-42-45-48-51-57(66)73-54-56(75-58(67)52-49-46-43-40-37-33-24-21-18-15-12-9-6-3)55-74-65-63(61(70)60(69)62(77-65)64(71)72)76-59(68)53-50-47-44-41-38-35-31-26-23-20-17-14-11-8-5-2/h8,11,16-17,19-20,25-27,31,38,41,47,50,56,60-63,65,69-70H,4-7,9-10,12-15,18,21-24,28-30,32-37,39-40,42-46,48-49,51-55H2,1-3H3,(H,71,72)/b11-8-,19-16-,20-17-,27-25-,31-26-,41-38-,50-47-. The Labute approximate surface area is 467 Å².